The van der Waals surface area contributed by atoms with Gasteiger partial charge in [-0.3, -0.25) is 0 Å². The smallest absolute Gasteiger partial charge is 0.337 e. The van der Waals surface area contributed by atoms with Crippen LogP contribution in [0.3, 0.4) is 0 Å². The Morgan fingerprint density at radius 1 is 1.37 bits per heavy atom. The van der Waals surface area contributed by atoms with Gasteiger partial charge in [-0.25, -0.2) is 4.79 Å². The summed E-state index contributed by atoms with van der Waals surface area (Å²) in [6, 6.07) is 4.93. The molecule has 19 heavy (non-hydrogen) atoms. The predicted molar refractivity (Wildman–Crippen MR) is 73.4 cm³/mol. The van der Waals surface area contributed by atoms with Gasteiger partial charge in [0.15, 0.2) is 0 Å². The van der Waals surface area contributed by atoms with Crippen molar-refractivity contribution in [2.24, 2.45) is 0 Å². The second-order valence-corrected chi connectivity index (χ2v) is 3.99. The average molecular weight is 268 g/mol. The number of carbonyl (C=O) groups excluding carboxylic acids is 1. The maximum absolute atomic E-state index is 11.4. The molecule has 0 spiro atoms. The normalized spacial score (nSPS) is 11.9. The summed E-state index contributed by atoms with van der Waals surface area (Å²) in [7, 11) is 4.56. The van der Waals surface area contributed by atoms with Gasteiger partial charge in [0.2, 0.25) is 0 Å². The maximum atomic E-state index is 11.4. The Bertz CT molecular complexity index is 423. The van der Waals surface area contributed by atoms with E-state index in [1.807, 2.05) is 0 Å². The molecule has 0 fully saturated rings. The minimum atomic E-state index is -0.400. The Hall–Kier alpha value is -1.79. The molecule has 0 aliphatic carbocycles. The molecule has 1 aromatic rings. The van der Waals surface area contributed by atoms with Crippen LogP contribution in [-0.4, -0.2) is 46.6 Å². The Morgan fingerprint density at radius 3 is 2.68 bits per heavy atom. The van der Waals surface area contributed by atoms with Crippen LogP contribution in [0, 0.1) is 0 Å². The van der Waals surface area contributed by atoms with Crippen LogP contribution >= 0.6 is 0 Å². The Morgan fingerprint density at radius 2 is 2.11 bits per heavy atom. The Kier molecular flexibility index (Phi) is 6.11. The van der Waals surface area contributed by atoms with Crippen molar-refractivity contribution < 1.29 is 19.0 Å². The number of methoxy groups -OCH3 is 3. The molecule has 0 aliphatic rings. The SMILES string of the molecule is COCC(CNc1cc(C(=O)OC)ccc1N)OC. The zero-order valence-electron chi connectivity index (χ0n) is 11.4. The molecule has 3 N–H and O–H groups in total. The van der Waals surface area contributed by atoms with E-state index in [-0.39, 0.29) is 6.10 Å². The lowest BCUT2D eigenvalue weighted by molar-refractivity contribution is 0.0366. The van der Waals surface area contributed by atoms with E-state index >= 15 is 0 Å². The van der Waals surface area contributed by atoms with Crippen molar-refractivity contribution in [3.8, 4) is 0 Å². The third-order valence-corrected chi connectivity index (χ3v) is 2.68. The largest absolute Gasteiger partial charge is 0.465 e. The average Bonchev–Trinajstić information content (AvgIpc) is 2.44. The number of benzene rings is 1. The summed E-state index contributed by atoms with van der Waals surface area (Å²) in [5, 5.41) is 3.13. The first-order chi connectivity index (χ1) is 9.12. The van der Waals surface area contributed by atoms with Gasteiger partial charge >= 0.3 is 5.97 Å². The van der Waals surface area contributed by atoms with Crippen LogP contribution in [-0.2, 0) is 14.2 Å². The predicted octanol–water partition coefficient (Wildman–Crippen LogP) is 1.13. The lowest BCUT2D eigenvalue weighted by Gasteiger charge is -2.17. The van der Waals surface area contributed by atoms with Crippen molar-refractivity contribution in [1.82, 2.24) is 0 Å². The molecule has 0 saturated heterocycles. The summed E-state index contributed by atoms with van der Waals surface area (Å²) < 4.78 is 14.9. The van der Waals surface area contributed by atoms with Crippen molar-refractivity contribution in [1.29, 1.82) is 0 Å². The summed E-state index contributed by atoms with van der Waals surface area (Å²) in [6.45, 7) is 0.999. The second-order valence-electron chi connectivity index (χ2n) is 3.99. The second kappa shape index (κ2) is 7.60. The number of nitrogens with two attached hydrogens (primary N) is 1. The number of hydrogen-bond acceptors (Lipinski definition) is 6. The first-order valence-corrected chi connectivity index (χ1v) is 5.85. The van der Waals surface area contributed by atoms with Crippen molar-refractivity contribution in [3.05, 3.63) is 23.8 Å². The van der Waals surface area contributed by atoms with Crippen LogP contribution in [0.5, 0.6) is 0 Å². The van der Waals surface area contributed by atoms with Gasteiger partial charge in [-0.15, -0.1) is 0 Å². The molecule has 0 bridgehead atoms. The molecule has 0 amide bonds. The van der Waals surface area contributed by atoms with Gasteiger partial charge in [-0.05, 0) is 18.2 Å². The third-order valence-electron chi connectivity index (χ3n) is 2.68. The molecule has 0 aromatic heterocycles. The van der Waals surface area contributed by atoms with Crippen LogP contribution in [0.2, 0.25) is 0 Å². The monoisotopic (exact) mass is 268 g/mol. The van der Waals surface area contributed by atoms with Gasteiger partial charge in [0.25, 0.3) is 0 Å². The van der Waals surface area contributed by atoms with Gasteiger partial charge in [0.05, 0.1) is 36.8 Å². The van der Waals surface area contributed by atoms with Gasteiger partial charge in [-0.2, -0.15) is 0 Å². The first kappa shape index (κ1) is 15.3. The van der Waals surface area contributed by atoms with E-state index in [0.717, 1.165) is 0 Å². The van der Waals surface area contributed by atoms with Crippen molar-refractivity contribution >= 4 is 17.3 Å². The highest BCUT2D eigenvalue weighted by molar-refractivity contribution is 5.91. The standard InChI is InChI=1S/C13H20N2O4/c1-17-8-10(18-2)7-15-12-6-9(13(16)19-3)4-5-11(12)14/h4-6,10,15H,7-8,14H2,1-3H3. The first-order valence-electron chi connectivity index (χ1n) is 5.85. The van der Waals surface area contributed by atoms with E-state index in [9.17, 15) is 4.79 Å². The van der Waals surface area contributed by atoms with Crippen LogP contribution in [0.15, 0.2) is 18.2 Å². The van der Waals surface area contributed by atoms with Crippen LogP contribution < -0.4 is 11.1 Å². The number of rotatable bonds is 7. The summed E-state index contributed by atoms with van der Waals surface area (Å²) in [5.74, 6) is -0.400. The molecular weight excluding hydrogens is 248 g/mol. The van der Waals surface area contributed by atoms with Crippen LogP contribution in [0.4, 0.5) is 11.4 Å². The van der Waals surface area contributed by atoms with E-state index in [1.165, 1.54) is 7.11 Å². The minimum absolute atomic E-state index is 0.0915. The highest BCUT2D eigenvalue weighted by Gasteiger charge is 2.11. The molecule has 106 valence electrons. The lowest BCUT2D eigenvalue weighted by atomic mass is 10.1. The van der Waals surface area contributed by atoms with E-state index in [2.05, 4.69) is 10.1 Å². The molecule has 0 radical (unpaired) electrons. The van der Waals surface area contributed by atoms with Crippen molar-refractivity contribution in [2.45, 2.75) is 6.10 Å². The number of nitrogens with one attached hydrogen (secondary N) is 1. The van der Waals surface area contributed by atoms with Gasteiger partial charge < -0.3 is 25.3 Å². The fraction of sp³-hybridized carbons (Fsp3) is 0.462. The Labute approximate surface area is 112 Å². The molecule has 0 saturated carbocycles. The molecule has 1 aromatic carbocycles. The zero-order valence-corrected chi connectivity index (χ0v) is 11.4. The number of anilines is 2. The van der Waals surface area contributed by atoms with Crippen LogP contribution in [0.1, 0.15) is 10.4 Å². The van der Waals surface area contributed by atoms with Crippen molar-refractivity contribution in [3.63, 3.8) is 0 Å². The van der Waals surface area contributed by atoms with Gasteiger partial charge in [0.1, 0.15) is 0 Å². The summed E-state index contributed by atoms with van der Waals surface area (Å²) in [4.78, 5) is 11.4. The molecule has 1 unspecified atom stereocenters. The van der Waals surface area contributed by atoms with E-state index < -0.39 is 5.97 Å². The molecule has 1 rings (SSSR count). The zero-order chi connectivity index (χ0) is 14.3. The lowest BCUT2D eigenvalue weighted by Crippen LogP contribution is -2.26. The molecule has 1 atom stereocenters. The van der Waals surface area contributed by atoms with Crippen molar-refractivity contribution in [2.75, 3.05) is 45.5 Å². The molecular formula is C13H20N2O4. The number of ether oxygens (including phenoxy) is 3. The van der Waals surface area contributed by atoms with E-state index in [0.29, 0.717) is 30.1 Å². The third kappa shape index (κ3) is 4.42. The minimum Gasteiger partial charge on any atom is -0.465 e. The Balaban J connectivity index is 2.74. The molecule has 6 heteroatoms. The van der Waals surface area contributed by atoms with Gasteiger partial charge in [0, 0.05) is 20.8 Å². The number of hydrogen-bond donors (Lipinski definition) is 2. The molecule has 0 aliphatic heterocycles. The topological polar surface area (TPSA) is 82.8 Å². The van der Waals surface area contributed by atoms with Gasteiger partial charge in [-0.1, -0.05) is 0 Å². The molecule has 6 nitrogen and oxygen atoms in total. The quantitative estimate of drug-likeness (QED) is 0.570. The summed E-state index contributed by atoms with van der Waals surface area (Å²) in [6.07, 6.45) is -0.0915. The molecule has 0 heterocycles. The highest BCUT2D eigenvalue weighted by atomic mass is 16.5. The van der Waals surface area contributed by atoms with E-state index in [1.54, 1.807) is 32.4 Å². The van der Waals surface area contributed by atoms with E-state index in [4.69, 9.17) is 15.2 Å². The highest BCUT2D eigenvalue weighted by Crippen LogP contribution is 2.20. The fourth-order valence-electron chi connectivity index (χ4n) is 1.57. The summed E-state index contributed by atoms with van der Waals surface area (Å²) >= 11 is 0. The summed E-state index contributed by atoms with van der Waals surface area (Å²) in [5.41, 5.74) is 7.51. The number of carbonyl (C=O) groups is 1. The maximum Gasteiger partial charge on any atom is 0.337 e. The number of nitrogen functional groups attached to an aromatic ring is 1. The number of esters is 1. The van der Waals surface area contributed by atoms with Crippen LogP contribution in [0.25, 0.3) is 0 Å². The fourth-order valence-corrected chi connectivity index (χ4v) is 1.57.